The van der Waals surface area contributed by atoms with Crippen LogP contribution in [0.2, 0.25) is 0 Å². The first-order valence-electron chi connectivity index (χ1n) is 8.93. The van der Waals surface area contributed by atoms with E-state index in [9.17, 15) is 14.9 Å². The van der Waals surface area contributed by atoms with Gasteiger partial charge >= 0.3 is 0 Å². The van der Waals surface area contributed by atoms with Crippen LogP contribution in [0.25, 0.3) is 11.3 Å². The molecule has 1 aromatic heterocycles. The molecule has 1 aliphatic rings. The average molecular weight is 441 g/mol. The van der Waals surface area contributed by atoms with Crippen molar-refractivity contribution in [2.24, 2.45) is 0 Å². The zero-order valence-electron chi connectivity index (χ0n) is 14.9. The Morgan fingerprint density at radius 2 is 2.07 bits per heavy atom. The van der Waals surface area contributed by atoms with Gasteiger partial charge in [-0.3, -0.25) is 14.9 Å². The average Bonchev–Trinajstić information content (AvgIpc) is 3.12. The van der Waals surface area contributed by atoms with Crippen molar-refractivity contribution in [3.05, 3.63) is 74.6 Å². The maximum absolute atomic E-state index is 12.5. The number of hydrogen-bond donors (Lipinski definition) is 1. The number of anilines is 1. The Hall–Kier alpha value is -3.00. The van der Waals surface area contributed by atoms with E-state index in [2.05, 4.69) is 25.8 Å². The molecule has 3 aromatic rings. The summed E-state index contributed by atoms with van der Waals surface area (Å²) in [7, 11) is 0. The first-order chi connectivity index (χ1) is 13.5. The van der Waals surface area contributed by atoms with Crippen LogP contribution in [0, 0.1) is 10.1 Å². The van der Waals surface area contributed by atoms with E-state index in [1.165, 1.54) is 12.1 Å². The van der Waals surface area contributed by atoms with Crippen molar-refractivity contribution in [2.75, 3.05) is 5.32 Å². The highest BCUT2D eigenvalue weighted by Crippen LogP contribution is 2.27. The molecule has 7 nitrogen and oxygen atoms in total. The summed E-state index contributed by atoms with van der Waals surface area (Å²) in [4.78, 5) is 27.8. The standard InChI is InChI=1S/C20H17BrN4O3/c21-16-8-7-14(11-18(16)25(27)28)20(26)22-15-5-3-4-13(10-15)17-12-24-9-2-1-6-19(24)23-17/h3-5,7-8,10-12H,1-2,6,9H2,(H,22,26). The molecule has 2 aromatic carbocycles. The normalized spacial score (nSPS) is 13.0. The molecule has 0 saturated heterocycles. The molecule has 28 heavy (non-hydrogen) atoms. The number of benzene rings is 2. The maximum Gasteiger partial charge on any atom is 0.284 e. The summed E-state index contributed by atoms with van der Waals surface area (Å²) in [5.41, 5.74) is 2.48. The number of nitrogens with one attached hydrogen (secondary N) is 1. The van der Waals surface area contributed by atoms with Gasteiger partial charge in [0.05, 0.1) is 15.1 Å². The molecule has 2 heterocycles. The van der Waals surface area contributed by atoms with Crippen molar-refractivity contribution in [3.8, 4) is 11.3 Å². The summed E-state index contributed by atoms with van der Waals surface area (Å²) >= 11 is 3.12. The highest BCUT2D eigenvalue weighted by atomic mass is 79.9. The van der Waals surface area contributed by atoms with Gasteiger partial charge in [0, 0.05) is 42.0 Å². The van der Waals surface area contributed by atoms with Crippen LogP contribution in [-0.2, 0) is 13.0 Å². The van der Waals surface area contributed by atoms with Gasteiger partial charge in [-0.2, -0.15) is 0 Å². The van der Waals surface area contributed by atoms with E-state index in [0.29, 0.717) is 10.2 Å². The Labute approximate surface area is 169 Å². The van der Waals surface area contributed by atoms with Gasteiger partial charge in [0.1, 0.15) is 5.82 Å². The highest BCUT2D eigenvalue weighted by molar-refractivity contribution is 9.10. The molecule has 0 aliphatic carbocycles. The van der Waals surface area contributed by atoms with Gasteiger partial charge < -0.3 is 9.88 Å². The maximum atomic E-state index is 12.5. The van der Waals surface area contributed by atoms with Crippen molar-refractivity contribution >= 4 is 33.2 Å². The monoisotopic (exact) mass is 440 g/mol. The summed E-state index contributed by atoms with van der Waals surface area (Å²) < 4.78 is 2.52. The molecule has 0 saturated carbocycles. The Balaban J connectivity index is 1.57. The fraction of sp³-hybridized carbons (Fsp3) is 0.200. The van der Waals surface area contributed by atoms with Crippen LogP contribution in [0.3, 0.4) is 0 Å². The number of carbonyl (C=O) groups is 1. The topological polar surface area (TPSA) is 90.1 Å². The van der Waals surface area contributed by atoms with E-state index < -0.39 is 10.8 Å². The van der Waals surface area contributed by atoms with Gasteiger partial charge in [-0.1, -0.05) is 12.1 Å². The SMILES string of the molecule is O=C(Nc1cccc(-c2cn3c(n2)CCCC3)c1)c1ccc(Br)c([N+](=O)[O-])c1. The molecule has 0 bridgehead atoms. The quantitative estimate of drug-likeness (QED) is 0.465. The van der Waals surface area contributed by atoms with Gasteiger partial charge in [0.25, 0.3) is 11.6 Å². The molecule has 0 radical (unpaired) electrons. The molecule has 1 amide bonds. The zero-order chi connectivity index (χ0) is 19.7. The van der Waals surface area contributed by atoms with E-state index >= 15 is 0 Å². The Morgan fingerprint density at radius 3 is 2.86 bits per heavy atom. The summed E-state index contributed by atoms with van der Waals surface area (Å²) in [6, 6.07) is 11.7. The number of halogens is 1. The van der Waals surface area contributed by atoms with E-state index in [-0.39, 0.29) is 11.3 Å². The molecule has 142 valence electrons. The number of aromatic nitrogens is 2. The Kier molecular flexibility index (Phi) is 4.95. The summed E-state index contributed by atoms with van der Waals surface area (Å²) in [5, 5.41) is 13.9. The molecular formula is C20H17BrN4O3. The Bertz CT molecular complexity index is 1050. The largest absolute Gasteiger partial charge is 0.334 e. The number of carbonyl (C=O) groups excluding carboxylic acids is 1. The highest BCUT2D eigenvalue weighted by Gasteiger charge is 2.17. The third-order valence-corrected chi connectivity index (χ3v) is 5.40. The second kappa shape index (κ2) is 7.55. The molecule has 1 aliphatic heterocycles. The van der Waals surface area contributed by atoms with Crippen LogP contribution in [0.1, 0.15) is 29.0 Å². The lowest BCUT2D eigenvalue weighted by Crippen LogP contribution is -2.12. The van der Waals surface area contributed by atoms with Gasteiger partial charge in [-0.15, -0.1) is 0 Å². The molecule has 4 rings (SSSR count). The number of rotatable bonds is 4. The first-order valence-corrected chi connectivity index (χ1v) is 9.72. The molecule has 0 atom stereocenters. The summed E-state index contributed by atoms with van der Waals surface area (Å²) in [5.74, 6) is 0.690. The third-order valence-electron chi connectivity index (χ3n) is 4.73. The van der Waals surface area contributed by atoms with E-state index in [4.69, 9.17) is 4.98 Å². The number of fused-ring (bicyclic) bond motifs is 1. The fourth-order valence-corrected chi connectivity index (χ4v) is 3.70. The van der Waals surface area contributed by atoms with E-state index in [0.717, 1.165) is 42.9 Å². The van der Waals surface area contributed by atoms with Crippen molar-refractivity contribution in [2.45, 2.75) is 25.8 Å². The fourth-order valence-electron chi connectivity index (χ4n) is 3.31. The molecule has 0 unspecified atom stereocenters. The first kappa shape index (κ1) is 18.4. The lowest BCUT2D eigenvalue weighted by atomic mass is 10.1. The second-order valence-electron chi connectivity index (χ2n) is 6.65. The molecule has 0 spiro atoms. The molecule has 0 fully saturated rings. The van der Waals surface area contributed by atoms with Crippen LogP contribution >= 0.6 is 15.9 Å². The van der Waals surface area contributed by atoms with E-state index in [1.807, 2.05) is 24.4 Å². The second-order valence-corrected chi connectivity index (χ2v) is 7.51. The third kappa shape index (κ3) is 3.68. The van der Waals surface area contributed by atoms with Crippen molar-refractivity contribution in [3.63, 3.8) is 0 Å². The van der Waals surface area contributed by atoms with Crippen LogP contribution < -0.4 is 5.32 Å². The number of aryl methyl sites for hydroxylation is 2. The lowest BCUT2D eigenvalue weighted by Gasteiger charge is -2.11. The van der Waals surface area contributed by atoms with Crippen molar-refractivity contribution < 1.29 is 9.72 Å². The minimum Gasteiger partial charge on any atom is -0.334 e. The van der Waals surface area contributed by atoms with E-state index in [1.54, 1.807) is 12.1 Å². The number of hydrogen-bond acceptors (Lipinski definition) is 4. The van der Waals surface area contributed by atoms with Crippen LogP contribution in [-0.4, -0.2) is 20.4 Å². The molecule has 8 heteroatoms. The summed E-state index contributed by atoms with van der Waals surface area (Å²) in [6.07, 6.45) is 5.36. The number of nitro benzene ring substituents is 1. The molecule has 1 N–H and O–H groups in total. The number of imidazole rings is 1. The van der Waals surface area contributed by atoms with Crippen LogP contribution in [0.5, 0.6) is 0 Å². The molecular weight excluding hydrogens is 424 g/mol. The predicted molar refractivity (Wildman–Crippen MR) is 109 cm³/mol. The number of nitro groups is 1. The van der Waals surface area contributed by atoms with Gasteiger partial charge in [0.2, 0.25) is 0 Å². The number of amides is 1. The number of nitrogens with zero attached hydrogens (tertiary/aromatic N) is 3. The van der Waals surface area contributed by atoms with Crippen LogP contribution in [0.15, 0.2) is 53.1 Å². The summed E-state index contributed by atoms with van der Waals surface area (Å²) in [6.45, 7) is 0.987. The zero-order valence-corrected chi connectivity index (χ0v) is 16.5. The lowest BCUT2D eigenvalue weighted by molar-refractivity contribution is -0.385. The minimum absolute atomic E-state index is 0.148. The Morgan fingerprint density at radius 1 is 1.21 bits per heavy atom. The predicted octanol–water partition coefficient (Wildman–Crippen LogP) is 4.81. The minimum atomic E-state index is -0.526. The van der Waals surface area contributed by atoms with Crippen molar-refractivity contribution in [1.29, 1.82) is 0 Å². The smallest absolute Gasteiger partial charge is 0.284 e. The van der Waals surface area contributed by atoms with Gasteiger partial charge in [-0.25, -0.2) is 4.98 Å². The van der Waals surface area contributed by atoms with Crippen molar-refractivity contribution in [1.82, 2.24) is 9.55 Å². The van der Waals surface area contributed by atoms with Gasteiger partial charge in [-0.05, 0) is 53.0 Å². The van der Waals surface area contributed by atoms with Gasteiger partial charge in [0.15, 0.2) is 0 Å². The van der Waals surface area contributed by atoms with Crippen LogP contribution in [0.4, 0.5) is 11.4 Å².